The maximum atomic E-state index is 13.7. The molecule has 0 saturated carbocycles. The minimum atomic E-state index is -0.407. The molecule has 0 aliphatic carbocycles. The molecule has 3 rings (SSSR count). The molecule has 19 heteroatoms. The van der Waals surface area contributed by atoms with E-state index in [2.05, 4.69) is 69.7 Å². The predicted molar refractivity (Wildman–Crippen MR) is 421 cm³/mol. The van der Waals surface area contributed by atoms with Gasteiger partial charge in [-0.05, 0) is 121 Å². The standard InChI is InChI=1S/C84H148N8O11/c1-7-11-15-18-27-36-48-67-100-76(94)55-41-30-21-24-33-44-58-90(59-45-34-25-22-31-42-56-77(95)101-68-49-37-28-19-16-12-8-2)64-62-89(5)63-65-91(60-46-35-26-23-32-43-57-78(96)102-69-50-38-29-20-17-13-9-3)61-47-39-40-54-75(93)85-81-80-82(88-83(87-81)103-66-14-10-4)92(84(98)86-80)72-74-53-51-52-73(70-74)71-79(97)99-6/h51-53,70H,7-50,54-69,71-72H2,1-6H3,(H,86,98)(H,85,87,88,93). The first-order chi connectivity index (χ1) is 50.4. The van der Waals surface area contributed by atoms with Crippen LogP contribution >= 0.6 is 0 Å². The van der Waals surface area contributed by atoms with Gasteiger partial charge in [-0.3, -0.25) is 28.5 Å². The molecule has 590 valence electrons. The van der Waals surface area contributed by atoms with Gasteiger partial charge >= 0.3 is 35.6 Å². The number of hydrogen-bond donors (Lipinski definition) is 2. The SMILES string of the molecule is CCCCCCCCCOC(=O)CCCCCCCCN(CCCCCCCCC(=O)OCCCCCCCCC)CCN(C)CCN(CCCCCCCCC(=O)OCCCCCCCCC)CCCCCC(=O)Nc1nc(OCCCC)nc2c1[nH]c(=O)n2Cc1cccc(CC(=O)OC)c1. The number of aromatic nitrogens is 4. The summed E-state index contributed by atoms with van der Waals surface area (Å²) in [6, 6.07) is 7.52. The molecule has 3 aromatic rings. The fourth-order valence-electron chi connectivity index (χ4n) is 13.2. The summed E-state index contributed by atoms with van der Waals surface area (Å²) in [6.07, 6.45) is 51.5. The smallest absolute Gasteiger partial charge is 0.328 e. The van der Waals surface area contributed by atoms with Gasteiger partial charge in [0.2, 0.25) is 5.91 Å². The van der Waals surface area contributed by atoms with Crippen molar-refractivity contribution in [2.45, 2.75) is 349 Å². The number of methoxy groups -OCH3 is 1. The minimum absolute atomic E-state index is 0.0389. The largest absolute Gasteiger partial charge is 0.469 e. The molecular weight excluding hydrogens is 1300 g/mol. The van der Waals surface area contributed by atoms with Crippen molar-refractivity contribution in [2.75, 3.05) is 98.3 Å². The summed E-state index contributed by atoms with van der Waals surface area (Å²) >= 11 is 0. The monoisotopic (exact) mass is 1450 g/mol. The molecule has 2 heterocycles. The van der Waals surface area contributed by atoms with Crippen LogP contribution < -0.4 is 15.7 Å². The average molecular weight is 1450 g/mol. The maximum Gasteiger partial charge on any atom is 0.328 e. The van der Waals surface area contributed by atoms with E-state index >= 15 is 0 Å². The lowest BCUT2D eigenvalue weighted by Crippen LogP contribution is -2.39. The van der Waals surface area contributed by atoms with Crippen LogP contribution in [0.1, 0.15) is 347 Å². The summed E-state index contributed by atoms with van der Waals surface area (Å²) in [5, 5.41) is 2.99. The lowest BCUT2D eigenvalue weighted by Gasteiger charge is -2.28. The minimum Gasteiger partial charge on any atom is -0.469 e. The number of fused-ring (bicyclic) bond motifs is 1. The van der Waals surface area contributed by atoms with Crippen LogP contribution in [0.3, 0.4) is 0 Å². The van der Waals surface area contributed by atoms with E-state index in [9.17, 15) is 28.8 Å². The highest BCUT2D eigenvalue weighted by Gasteiger charge is 2.20. The number of amides is 1. The molecule has 0 atom stereocenters. The molecule has 0 spiro atoms. The number of carbonyl (C=O) groups is 5. The Kier molecular flexibility index (Phi) is 56.9. The summed E-state index contributed by atoms with van der Waals surface area (Å²) in [5.41, 5.74) is 1.79. The summed E-state index contributed by atoms with van der Waals surface area (Å²) in [6.45, 7) is 19.1. The highest BCUT2D eigenvalue weighted by atomic mass is 16.5. The van der Waals surface area contributed by atoms with Gasteiger partial charge in [0.15, 0.2) is 11.5 Å². The number of ether oxygens (including phenoxy) is 5. The number of imidazole rings is 1. The Morgan fingerprint density at radius 1 is 0.427 bits per heavy atom. The molecule has 0 fully saturated rings. The number of H-pyrrole nitrogens is 1. The van der Waals surface area contributed by atoms with Gasteiger partial charge in [0.1, 0.15) is 5.52 Å². The Morgan fingerprint density at radius 3 is 1.23 bits per heavy atom. The molecule has 0 unspecified atom stereocenters. The Hall–Kier alpha value is -5.40. The van der Waals surface area contributed by atoms with Gasteiger partial charge in [-0.25, -0.2) is 4.79 Å². The molecule has 2 N–H and O–H groups in total. The van der Waals surface area contributed by atoms with Crippen molar-refractivity contribution in [3.8, 4) is 6.01 Å². The van der Waals surface area contributed by atoms with Crippen molar-refractivity contribution in [1.29, 1.82) is 0 Å². The van der Waals surface area contributed by atoms with Crippen LogP contribution in [-0.4, -0.2) is 157 Å². The second-order valence-electron chi connectivity index (χ2n) is 29.3. The lowest BCUT2D eigenvalue weighted by molar-refractivity contribution is -0.144. The van der Waals surface area contributed by atoms with E-state index in [1.807, 2.05) is 24.3 Å². The second kappa shape index (κ2) is 63.8. The zero-order valence-electron chi connectivity index (χ0n) is 66.3. The van der Waals surface area contributed by atoms with Gasteiger partial charge in [0.25, 0.3) is 0 Å². The molecule has 0 bridgehead atoms. The van der Waals surface area contributed by atoms with Crippen molar-refractivity contribution in [2.24, 2.45) is 0 Å². The summed E-state index contributed by atoms with van der Waals surface area (Å²) in [5.74, 6) is -0.484. The first-order valence-corrected chi connectivity index (χ1v) is 42.1. The van der Waals surface area contributed by atoms with Crippen molar-refractivity contribution in [3.63, 3.8) is 0 Å². The van der Waals surface area contributed by atoms with Crippen LogP contribution in [0.15, 0.2) is 29.1 Å². The zero-order chi connectivity index (χ0) is 74.3. The third-order valence-corrected chi connectivity index (χ3v) is 19.8. The summed E-state index contributed by atoms with van der Waals surface area (Å²) in [4.78, 5) is 96.5. The van der Waals surface area contributed by atoms with E-state index in [1.54, 1.807) is 0 Å². The molecule has 0 aliphatic heterocycles. The van der Waals surface area contributed by atoms with Crippen LogP contribution in [0.2, 0.25) is 0 Å². The third-order valence-electron chi connectivity index (χ3n) is 19.8. The summed E-state index contributed by atoms with van der Waals surface area (Å²) in [7, 11) is 3.62. The highest BCUT2D eigenvalue weighted by molar-refractivity contribution is 5.97. The molecular formula is C84H148N8O11. The fourth-order valence-corrected chi connectivity index (χ4v) is 13.2. The molecule has 0 radical (unpaired) electrons. The quantitative estimate of drug-likeness (QED) is 0.0305. The molecule has 19 nitrogen and oxygen atoms in total. The Bertz CT molecular complexity index is 2620. The van der Waals surface area contributed by atoms with E-state index in [0.717, 1.165) is 205 Å². The first kappa shape index (κ1) is 91.8. The number of hydrogen-bond acceptors (Lipinski definition) is 16. The van der Waals surface area contributed by atoms with Crippen LogP contribution in [-0.2, 0) is 55.9 Å². The lowest BCUT2D eigenvalue weighted by atomic mass is 10.1. The zero-order valence-corrected chi connectivity index (χ0v) is 66.3. The van der Waals surface area contributed by atoms with Gasteiger partial charge in [0.05, 0.1) is 46.5 Å². The van der Waals surface area contributed by atoms with E-state index in [4.69, 9.17) is 23.7 Å². The van der Waals surface area contributed by atoms with E-state index in [-0.39, 0.29) is 54.6 Å². The number of nitrogens with zero attached hydrogens (tertiary/aromatic N) is 6. The van der Waals surface area contributed by atoms with Crippen LogP contribution in [0, 0.1) is 0 Å². The number of rotatable bonds is 72. The summed E-state index contributed by atoms with van der Waals surface area (Å²) < 4.78 is 29.0. The number of carbonyl (C=O) groups excluding carboxylic acids is 5. The van der Waals surface area contributed by atoms with E-state index in [1.165, 1.54) is 147 Å². The van der Waals surface area contributed by atoms with Gasteiger partial charge in [-0.1, -0.05) is 257 Å². The Labute approximate surface area is 624 Å². The maximum absolute atomic E-state index is 13.7. The van der Waals surface area contributed by atoms with Crippen molar-refractivity contribution in [1.82, 2.24) is 34.2 Å². The number of benzene rings is 1. The molecule has 103 heavy (non-hydrogen) atoms. The van der Waals surface area contributed by atoms with Gasteiger partial charge in [0, 0.05) is 51.9 Å². The number of nitrogens with one attached hydrogen (secondary N) is 2. The Balaban J connectivity index is 1.57. The molecule has 0 aliphatic rings. The van der Waals surface area contributed by atoms with Crippen molar-refractivity contribution in [3.05, 3.63) is 45.9 Å². The first-order valence-electron chi connectivity index (χ1n) is 42.1. The normalized spacial score (nSPS) is 11.6. The highest BCUT2D eigenvalue weighted by Crippen LogP contribution is 2.24. The number of anilines is 1. The average Bonchev–Trinajstić information content (AvgIpc) is 1.64. The number of esters is 4. The third kappa shape index (κ3) is 49.2. The molecule has 0 saturated heterocycles. The van der Waals surface area contributed by atoms with Gasteiger partial charge < -0.3 is 48.7 Å². The number of likely N-dealkylation sites (N-methyl/N-ethyl adjacent to an activating group) is 1. The van der Waals surface area contributed by atoms with Crippen molar-refractivity contribution < 1.29 is 47.7 Å². The number of unbranched alkanes of at least 4 members (excludes halogenated alkanes) is 36. The van der Waals surface area contributed by atoms with Gasteiger partial charge in [-0.15, -0.1) is 0 Å². The topological polar surface area (TPSA) is 217 Å². The second-order valence-corrected chi connectivity index (χ2v) is 29.3. The van der Waals surface area contributed by atoms with E-state index in [0.29, 0.717) is 69.7 Å². The number of aromatic amines is 1. The molecule has 1 amide bonds. The fraction of sp³-hybridized carbons (Fsp3) is 0.810. The van der Waals surface area contributed by atoms with Crippen molar-refractivity contribution >= 4 is 46.8 Å². The molecule has 1 aromatic carbocycles. The van der Waals surface area contributed by atoms with Crippen LogP contribution in [0.5, 0.6) is 6.01 Å². The van der Waals surface area contributed by atoms with E-state index < -0.39 is 5.69 Å². The Morgan fingerprint density at radius 2 is 0.806 bits per heavy atom. The van der Waals surface area contributed by atoms with Crippen LogP contribution in [0.4, 0.5) is 5.82 Å². The van der Waals surface area contributed by atoms with Gasteiger partial charge in [-0.2, -0.15) is 9.97 Å². The molecule has 2 aromatic heterocycles. The predicted octanol–water partition coefficient (Wildman–Crippen LogP) is 19.2. The van der Waals surface area contributed by atoms with Crippen LogP contribution in [0.25, 0.3) is 11.2 Å².